The van der Waals surface area contributed by atoms with Crippen molar-refractivity contribution in [1.82, 2.24) is 4.90 Å². The van der Waals surface area contributed by atoms with Crippen LogP contribution in [0.25, 0.3) is 0 Å². The number of allylic oxidation sites excluding steroid dienone is 3. The number of ketones is 1. The maximum absolute atomic E-state index is 11.2. The third-order valence-electron chi connectivity index (χ3n) is 4.83. The van der Waals surface area contributed by atoms with Crippen molar-refractivity contribution in [2.75, 3.05) is 26.3 Å². The minimum Gasteiger partial charge on any atom is -0.378 e. The molecule has 0 N–H and O–H groups in total. The first-order valence-corrected chi connectivity index (χ1v) is 9.86. The Morgan fingerprint density at radius 1 is 1.25 bits per heavy atom. The minimum absolute atomic E-state index is 0.0427. The quantitative estimate of drug-likeness (QED) is 0.547. The molecule has 1 unspecified atom stereocenters. The number of rotatable bonds is 5. The van der Waals surface area contributed by atoms with Gasteiger partial charge in [-0.2, -0.15) is 0 Å². The predicted octanol–water partition coefficient (Wildman–Crippen LogP) is 3.43. The molecule has 4 heteroatoms. The second kappa shape index (κ2) is 10.5. The van der Waals surface area contributed by atoms with E-state index in [0.717, 1.165) is 43.3 Å². The van der Waals surface area contributed by atoms with Crippen LogP contribution in [0.15, 0.2) is 46.4 Å². The molecule has 2 heterocycles. The van der Waals surface area contributed by atoms with Crippen LogP contribution in [-0.4, -0.2) is 42.7 Å². The highest BCUT2D eigenvalue weighted by atomic mass is 16.5. The predicted molar refractivity (Wildman–Crippen MR) is 111 cm³/mol. The molecule has 0 aromatic heterocycles. The second-order valence-corrected chi connectivity index (χ2v) is 7.02. The third kappa shape index (κ3) is 6.14. The molecule has 28 heavy (non-hydrogen) atoms. The number of carbonyl (C=O) groups excluding carboxylic acids is 1. The topological polar surface area (TPSA) is 41.9 Å². The normalized spacial score (nSPS) is 25.5. The van der Waals surface area contributed by atoms with Gasteiger partial charge in [0.05, 0.1) is 19.1 Å². The lowest BCUT2D eigenvalue weighted by Crippen LogP contribution is -2.35. The number of nitrogens with zero attached hydrogens (tertiary/aromatic N) is 2. The Labute approximate surface area is 167 Å². The second-order valence-electron chi connectivity index (χ2n) is 7.02. The molecule has 0 radical (unpaired) electrons. The average molecular weight is 374 g/mol. The summed E-state index contributed by atoms with van der Waals surface area (Å²) in [4.78, 5) is 18.2. The molecule has 0 saturated carbocycles. The van der Waals surface area contributed by atoms with Gasteiger partial charge in [-0.3, -0.25) is 4.99 Å². The van der Waals surface area contributed by atoms with Crippen LogP contribution in [0.3, 0.4) is 0 Å². The largest absolute Gasteiger partial charge is 0.378 e. The van der Waals surface area contributed by atoms with Gasteiger partial charge in [-0.05, 0) is 31.1 Å². The van der Waals surface area contributed by atoms with E-state index < -0.39 is 0 Å². The van der Waals surface area contributed by atoms with E-state index in [2.05, 4.69) is 45.4 Å². The number of carbonyl (C=O) groups is 1. The maximum Gasteiger partial charge on any atom is 0.130 e. The van der Waals surface area contributed by atoms with Gasteiger partial charge in [0.2, 0.25) is 0 Å². The van der Waals surface area contributed by atoms with Crippen LogP contribution in [0.4, 0.5) is 0 Å². The van der Waals surface area contributed by atoms with Crippen LogP contribution in [0, 0.1) is 29.6 Å². The van der Waals surface area contributed by atoms with Crippen molar-refractivity contribution in [2.24, 2.45) is 10.9 Å². The Bertz CT molecular complexity index is 871. The molecule has 3 rings (SSSR count). The van der Waals surface area contributed by atoms with Gasteiger partial charge < -0.3 is 14.4 Å². The van der Waals surface area contributed by atoms with Gasteiger partial charge in [-0.15, -0.1) is 5.73 Å². The fourth-order valence-corrected chi connectivity index (χ4v) is 3.15. The van der Waals surface area contributed by atoms with E-state index >= 15 is 0 Å². The molecule has 0 aromatic carbocycles. The SMILES string of the molecule is CC(=O)CCC1=N/C=C(/C2C#CC/C=C(/N3CCOCC3)C=C=C2)CC#CC1. The molecule has 4 nitrogen and oxygen atoms in total. The van der Waals surface area contributed by atoms with E-state index in [-0.39, 0.29) is 11.7 Å². The van der Waals surface area contributed by atoms with Crippen LogP contribution >= 0.6 is 0 Å². The van der Waals surface area contributed by atoms with Crippen LogP contribution < -0.4 is 0 Å². The summed E-state index contributed by atoms with van der Waals surface area (Å²) in [7, 11) is 0. The zero-order chi connectivity index (χ0) is 19.6. The molecule has 0 aromatic rings. The molecule has 0 spiro atoms. The molecule has 144 valence electrons. The zero-order valence-electron chi connectivity index (χ0n) is 16.5. The minimum atomic E-state index is -0.0427. The maximum atomic E-state index is 11.2. The smallest absolute Gasteiger partial charge is 0.130 e. The number of hydrogen-bond acceptors (Lipinski definition) is 4. The Kier molecular flexibility index (Phi) is 7.51. The highest BCUT2D eigenvalue weighted by Gasteiger charge is 2.13. The van der Waals surface area contributed by atoms with Crippen molar-refractivity contribution in [2.45, 2.75) is 39.0 Å². The van der Waals surface area contributed by atoms with Gasteiger partial charge in [0, 0.05) is 62.5 Å². The van der Waals surface area contributed by atoms with Gasteiger partial charge in [0.15, 0.2) is 0 Å². The van der Waals surface area contributed by atoms with E-state index in [4.69, 9.17) is 4.74 Å². The van der Waals surface area contributed by atoms with Gasteiger partial charge >= 0.3 is 0 Å². The van der Waals surface area contributed by atoms with Crippen LogP contribution in [-0.2, 0) is 9.53 Å². The van der Waals surface area contributed by atoms with Crippen LogP contribution in [0.1, 0.15) is 39.0 Å². The summed E-state index contributed by atoms with van der Waals surface area (Å²) >= 11 is 0. The lowest BCUT2D eigenvalue weighted by Gasteiger charge is -2.29. The molecule has 1 fully saturated rings. The highest BCUT2D eigenvalue weighted by molar-refractivity contribution is 5.90. The average Bonchev–Trinajstić information content (AvgIpc) is 2.80. The van der Waals surface area contributed by atoms with Crippen molar-refractivity contribution in [3.05, 3.63) is 41.4 Å². The van der Waals surface area contributed by atoms with E-state index in [1.807, 2.05) is 18.4 Å². The molecule has 1 atom stereocenters. The van der Waals surface area contributed by atoms with Gasteiger partial charge in [-0.25, -0.2) is 0 Å². The number of Topliss-reactive ketones (excluding diaryl/α,β-unsaturated/α-hetero) is 1. The van der Waals surface area contributed by atoms with E-state index in [1.165, 1.54) is 0 Å². The fraction of sp³-hybridized carbons (Fsp3) is 0.458. The molecule has 1 aliphatic carbocycles. The monoisotopic (exact) mass is 374 g/mol. The first-order chi connectivity index (χ1) is 13.7. The van der Waals surface area contributed by atoms with E-state index in [0.29, 0.717) is 32.1 Å². The summed E-state index contributed by atoms with van der Waals surface area (Å²) < 4.78 is 5.44. The third-order valence-corrected chi connectivity index (χ3v) is 4.83. The lowest BCUT2D eigenvalue weighted by molar-refractivity contribution is -0.116. The lowest BCUT2D eigenvalue weighted by atomic mass is 9.96. The Balaban J connectivity index is 1.76. The van der Waals surface area contributed by atoms with Crippen molar-refractivity contribution < 1.29 is 9.53 Å². The van der Waals surface area contributed by atoms with Gasteiger partial charge in [0.1, 0.15) is 5.78 Å². The van der Waals surface area contributed by atoms with Crippen LogP contribution in [0.5, 0.6) is 0 Å². The van der Waals surface area contributed by atoms with Crippen LogP contribution in [0.2, 0.25) is 0 Å². The van der Waals surface area contributed by atoms with Crippen molar-refractivity contribution >= 4 is 11.5 Å². The number of hydrogen-bond donors (Lipinski definition) is 0. The summed E-state index contributed by atoms with van der Waals surface area (Å²) in [5, 5.41) is 0. The van der Waals surface area contributed by atoms with Gasteiger partial charge in [0.25, 0.3) is 0 Å². The summed E-state index contributed by atoms with van der Waals surface area (Å²) in [5.74, 6) is 13.1. The Hall–Kier alpha value is -2.78. The summed E-state index contributed by atoms with van der Waals surface area (Å²) in [5.41, 5.74) is 6.53. The van der Waals surface area contributed by atoms with Crippen molar-refractivity contribution in [3.8, 4) is 23.7 Å². The molecule has 0 bridgehead atoms. The van der Waals surface area contributed by atoms with E-state index in [1.54, 1.807) is 6.92 Å². The summed E-state index contributed by atoms with van der Waals surface area (Å²) in [6.07, 6.45) is 11.3. The first kappa shape index (κ1) is 20.0. The van der Waals surface area contributed by atoms with Crippen molar-refractivity contribution in [1.29, 1.82) is 0 Å². The Morgan fingerprint density at radius 3 is 2.89 bits per heavy atom. The summed E-state index contributed by atoms with van der Waals surface area (Å²) in [6.45, 7) is 4.94. The summed E-state index contributed by atoms with van der Waals surface area (Å²) in [6, 6.07) is 0. The molecule has 0 amide bonds. The standard InChI is InChI=1S/C24H26N2O2/c1-20(27)13-14-23-10-4-2-8-22(19-25-23)21-7-3-5-11-24(12-6-9-21)26-15-17-28-18-16-26/h9,11-12,19,21H,5,8,10,13-18H2,1H3/b22-19+,24-11+,25-23?. The number of morpholine rings is 1. The molecular formula is C24H26N2O2. The Morgan fingerprint density at radius 2 is 2.07 bits per heavy atom. The zero-order valence-corrected chi connectivity index (χ0v) is 16.5. The fourth-order valence-electron chi connectivity index (χ4n) is 3.15. The van der Waals surface area contributed by atoms with Gasteiger partial charge in [-0.1, -0.05) is 23.7 Å². The molecule has 2 aliphatic heterocycles. The molecule has 1 saturated heterocycles. The highest BCUT2D eigenvalue weighted by Crippen LogP contribution is 2.19. The number of aliphatic imine (C=N–C) groups is 1. The van der Waals surface area contributed by atoms with E-state index in [9.17, 15) is 4.79 Å². The molecular weight excluding hydrogens is 348 g/mol. The number of ether oxygens (including phenoxy) is 1. The first-order valence-electron chi connectivity index (χ1n) is 9.86. The van der Waals surface area contributed by atoms with Crippen molar-refractivity contribution in [3.63, 3.8) is 0 Å². The molecule has 3 aliphatic rings.